The first-order valence-corrected chi connectivity index (χ1v) is 16.2. The van der Waals surface area contributed by atoms with Gasteiger partial charge in [-0.2, -0.15) is 5.26 Å². The molecule has 0 amide bonds. The second kappa shape index (κ2) is 13.6. The summed E-state index contributed by atoms with van der Waals surface area (Å²) in [5, 5.41) is 51.3. The van der Waals surface area contributed by atoms with E-state index in [2.05, 4.69) is 53.8 Å². The molecular weight excluding hydrogens is 578 g/mol. The molecule has 1 saturated heterocycles. The fourth-order valence-corrected chi connectivity index (χ4v) is 7.24. The van der Waals surface area contributed by atoms with Crippen molar-refractivity contribution in [1.29, 1.82) is 5.26 Å². The fraction of sp³-hybridized carbons (Fsp3) is 0.433. The number of rotatable bonds is 11. The highest BCUT2D eigenvalue weighted by Gasteiger charge is 2.43. The van der Waals surface area contributed by atoms with E-state index in [9.17, 15) is 34.1 Å². The van der Waals surface area contributed by atoms with Gasteiger partial charge in [-0.05, 0) is 72.0 Å². The van der Waals surface area contributed by atoms with Crippen LogP contribution in [0.1, 0.15) is 38.5 Å². The third kappa shape index (κ3) is 6.85. The number of sulfonamides is 1. The Hall–Kier alpha value is -2.86. The molecule has 2 aromatic carbocycles. The standard InChI is InChI=1S/C30H37N3O7S2/c1-4-12-33(13-5-2)22-9-8-19-14-21(7-6-20(19)15-22)25-11-10-24(41-25)18(3)26(16-31)42(38,39)32-17-23-27(34)28(35)29(36)30(37)40-23/h6-11,14-15,23,27-30,32,34-37H,4-5,12-13,17H2,1-3H3/b26-18+/t23-,27-,28+,29-,30?/m1/s1. The van der Waals surface area contributed by atoms with Crippen LogP contribution in [0.4, 0.5) is 5.69 Å². The van der Waals surface area contributed by atoms with E-state index in [4.69, 9.17) is 4.74 Å². The van der Waals surface area contributed by atoms with E-state index < -0.39 is 52.2 Å². The van der Waals surface area contributed by atoms with Gasteiger partial charge in [0.05, 0.1) is 0 Å². The molecule has 12 heteroatoms. The maximum Gasteiger partial charge on any atom is 0.251 e. The smallest absolute Gasteiger partial charge is 0.251 e. The van der Waals surface area contributed by atoms with Gasteiger partial charge in [-0.3, -0.25) is 0 Å². The maximum atomic E-state index is 13.0. The van der Waals surface area contributed by atoms with E-state index >= 15 is 0 Å². The van der Waals surface area contributed by atoms with Gasteiger partial charge in [-0.15, -0.1) is 11.3 Å². The molecule has 3 aromatic rings. The predicted molar refractivity (Wildman–Crippen MR) is 164 cm³/mol. The molecule has 1 aliphatic heterocycles. The molecular formula is C30H37N3O7S2. The van der Waals surface area contributed by atoms with Crippen LogP contribution >= 0.6 is 11.3 Å². The number of hydrogen-bond donors (Lipinski definition) is 5. The first kappa shape index (κ1) is 32.1. The predicted octanol–water partition coefficient (Wildman–Crippen LogP) is 3.17. The molecule has 2 heterocycles. The molecule has 1 fully saturated rings. The van der Waals surface area contributed by atoms with Crippen LogP contribution in [-0.4, -0.2) is 79.2 Å². The monoisotopic (exact) mass is 615 g/mol. The molecule has 0 spiro atoms. The number of benzene rings is 2. The summed E-state index contributed by atoms with van der Waals surface area (Å²) in [6.45, 7) is 7.37. The number of ether oxygens (including phenoxy) is 1. The van der Waals surface area contributed by atoms with Crippen LogP contribution < -0.4 is 9.62 Å². The lowest BCUT2D eigenvalue weighted by Crippen LogP contribution is -2.59. The van der Waals surface area contributed by atoms with Gasteiger partial charge in [-0.1, -0.05) is 32.0 Å². The SMILES string of the molecule is CCCN(CCC)c1ccc2cc(-c3ccc(/C(C)=C(\C#N)S(=O)(=O)NC[C@H]4OC(O)[C@H](O)[C@@H](O)[C@@H]4O)s3)ccc2c1. The quantitative estimate of drug-likeness (QED) is 0.204. The van der Waals surface area contributed by atoms with Crippen LogP contribution in [0.15, 0.2) is 53.4 Å². The van der Waals surface area contributed by atoms with E-state index in [1.165, 1.54) is 17.0 Å². The number of aliphatic hydroxyl groups excluding tert-OH is 4. The van der Waals surface area contributed by atoms with Crippen molar-refractivity contribution in [3.05, 3.63) is 58.3 Å². The summed E-state index contributed by atoms with van der Waals surface area (Å²) in [5.74, 6) is 0. The molecule has 226 valence electrons. The molecule has 10 nitrogen and oxygen atoms in total. The van der Waals surface area contributed by atoms with E-state index in [1.54, 1.807) is 19.1 Å². The Kier molecular flexibility index (Phi) is 10.4. The van der Waals surface area contributed by atoms with Gasteiger partial charge in [-0.25, -0.2) is 13.1 Å². The fourth-order valence-electron chi connectivity index (χ4n) is 5.01. The average Bonchev–Trinajstić information content (AvgIpc) is 3.47. The van der Waals surface area contributed by atoms with Crippen LogP contribution in [-0.2, 0) is 14.8 Å². The highest BCUT2D eigenvalue weighted by Crippen LogP contribution is 2.36. The van der Waals surface area contributed by atoms with Crippen molar-refractivity contribution in [3.63, 3.8) is 0 Å². The summed E-state index contributed by atoms with van der Waals surface area (Å²) in [6, 6.07) is 18.1. The zero-order chi connectivity index (χ0) is 30.6. The summed E-state index contributed by atoms with van der Waals surface area (Å²) in [6.07, 6.45) is -6.10. The van der Waals surface area contributed by atoms with Crippen molar-refractivity contribution in [1.82, 2.24) is 4.72 Å². The Labute approximate surface area is 250 Å². The van der Waals surface area contributed by atoms with Crippen molar-refractivity contribution >= 4 is 43.4 Å². The molecule has 5 N–H and O–H groups in total. The van der Waals surface area contributed by atoms with E-state index in [0.29, 0.717) is 4.88 Å². The zero-order valence-corrected chi connectivity index (χ0v) is 25.4. The molecule has 1 aliphatic rings. The van der Waals surface area contributed by atoms with Crippen molar-refractivity contribution in [2.24, 2.45) is 0 Å². The van der Waals surface area contributed by atoms with Crippen LogP contribution in [0.25, 0.3) is 26.8 Å². The van der Waals surface area contributed by atoms with Crippen molar-refractivity contribution < 1.29 is 33.6 Å². The zero-order valence-electron chi connectivity index (χ0n) is 23.8. The Morgan fingerprint density at radius 2 is 1.64 bits per heavy atom. The topological polar surface area (TPSA) is 163 Å². The third-order valence-electron chi connectivity index (χ3n) is 7.31. The second-order valence-corrected chi connectivity index (χ2v) is 13.1. The number of thiophene rings is 1. The molecule has 1 unspecified atom stereocenters. The number of anilines is 1. The summed E-state index contributed by atoms with van der Waals surface area (Å²) < 4.78 is 33.3. The Bertz CT molecular complexity index is 1570. The van der Waals surface area contributed by atoms with Gasteiger partial charge >= 0.3 is 0 Å². The lowest BCUT2D eigenvalue weighted by atomic mass is 9.99. The van der Waals surface area contributed by atoms with Gasteiger partial charge in [0.1, 0.15) is 30.5 Å². The molecule has 42 heavy (non-hydrogen) atoms. The van der Waals surface area contributed by atoms with E-state index in [0.717, 1.165) is 47.1 Å². The maximum absolute atomic E-state index is 13.0. The van der Waals surface area contributed by atoms with Crippen LogP contribution in [0.5, 0.6) is 0 Å². The van der Waals surface area contributed by atoms with Gasteiger partial charge in [0.25, 0.3) is 10.0 Å². The first-order chi connectivity index (χ1) is 20.0. The summed E-state index contributed by atoms with van der Waals surface area (Å²) in [5.41, 5.74) is 2.42. The van der Waals surface area contributed by atoms with Gasteiger partial charge < -0.3 is 30.1 Å². The summed E-state index contributed by atoms with van der Waals surface area (Å²) in [7, 11) is -4.34. The van der Waals surface area contributed by atoms with Crippen molar-refractivity contribution in [2.75, 3.05) is 24.5 Å². The molecule has 0 radical (unpaired) electrons. The Balaban J connectivity index is 1.54. The molecule has 0 bridgehead atoms. The number of nitrogens with one attached hydrogen (secondary N) is 1. The minimum absolute atomic E-state index is 0.249. The first-order valence-electron chi connectivity index (χ1n) is 13.9. The molecule has 4 rings (SSSR count). The minimum Gasteiger partial charge on any atom is -0.388 e. The third-order valence-corrected chi connectivity index (χ3v) is 10.0. The molecule has 5 atom stereocenters. The number of allylic oxidation sites excluding steroid dienone is 2. The van der Waals surface area contributed by atoms with Crippen LogP contribution in [0, 0.1) is 11.3 Å². The lowest BCUT2D eigenvalue weighted by molar-refractivity contribution is -0.279. The molecule has 0 saturated carbocycles. The Morgan fingerprint density at radius 3 is 2.31 bits per heavy atom. The highest BCUT2D eigenvalue weighted by atomic mass is 32.2. The van der Waals surface area contributed by atoms with Gasteiger partial charge in [0, 0.05) is 35.1 Å². The van der Waals surface area contributed by atoms with Crippen LogP contribution in [0.2, 0.25) is 0 Å². The van der Waals surface area contributed by atoms with Gasteiger partial charge in [0.15, 0.2) is 11.2 Å². The normalized spacial score (nSPS) is 23.4. The lowest BCUT2D eigenvalue weighted by Gasteiger charge is -2.38. The molecule has 1 aromatic heterocycles. The van der Waals surface area contributed by atoms with E-state index in [1.807, 2.05) is 12.1 Å². The average molecular weight is 616 g/mol. The number of aliphatic hydroxyl groups is 4. The number of fused-ring (bicyclic) bond motifs is 1. The van der Waals surface area contributed by atoms with E-state index in [-0.39, 0.29) is 5.57 Å². The highest BCUT2D eigenvalue weighted by molar-refractivity contribution is 7.93. The van der Waals surface area contributed by atoms with Crippen molar-refractivity contribution in [3.8, 4) is 16.5 Å². The van der Waals surface area contributed by atoms with Gasteiger partial charge in [0.2, 0.25) is 0 Å². The number of nitrogens with zero attached hydrogens (tertiary/aromatic N) is 2. The summed E-state index contributed by atoms with van der Waals surface area (Å²) >= 11 is 1.36. The Morgan fingerprint density at radius 1 is 0.976 bits per heavy atom. The largest absolute Gasteiger partial charge is 0.388 e. The summed E-state index contributed by atoms with van der Waals surface area (Å²) in [4.78, 5) is 3.40. The number of nitriles is 1. The molecule has 0 aliphatic carbocycles. The minimum atomic E-state index is -4.34. The number of hydrogen-bond acceptors (Lipinski definition) is 10. The second-order valence-electron chi connectivity index (χ2n) is 10.4. The van der Waals surface area contributed by atoms with Crippen molar-refractivity contribution in [2.45, 2.75) is 64.3 Å². The van der Waals surface area contributed by atoms with Crippen LogP contribution in [0.3, 0.4) is 0 Å².